The lowest BCUT2D eigenvalue weighted by Gasteiger charge is -1.07. The molecular formula is C52H156. The third-order valence-corrected chi connectivity index (χ3v) is 0. The molecular weight excluding hydrogens is 625 g/mol. The molecule has 0 bridgehead atoms. The Hall–Kier alpha value is 0. The Balaban J connectivity index is -0.00000000563. The Morgan fingerprint density at radius 3 is 0.0385 bits per heavy atom. The third-order valence-electron chi connectivity index (χ3n) is 0. The van der Waals surface area contributed by atoms with E-state index in [4.69, 9.17) is 0 Å². The predicted octanol–water partition coefficient (Wildman–Crippen LogP) is 26.7. The molecule has 0 atom stereocenters. The van der Waals surface area contributed by atoms with E-state index in [1.54, 1.807) is 0 Å². The molecule has 0 rings (SSSR count). The van der Waals surface area contributed by atoms with Crippen LogP contribution in [0.25, 0.3) is 0 Å². The quantitative estimate of drug-likeness (QED) is 0.230. The third kappa shape index (κ3) is 0. The second kappa shape index (κ2) is 0. The highest BCUT2D eigenvalue weighted by Crippen LogP contribution is 1.19. The molecule has 0 N–H and O–H groups in total. The molecule has 0 radical (unpaired) electrons. The van der Waals surface area contributed by atoms with Gasteiger partial charge in [-0.3, -0.25) is 0 Å². The fraction of sp³-hybridized carbons (Fsp3) is 1.00. The lowest BCUT2D eigenvalue weighted by molar-refractivity contribution is 1.50. The van der Waals surface area contributed by atoms with Gasteiger partial charge in [-0.15, -0.1) is 0 Å². The summed E-state index contributed by atoms with van der Waals surface area (Å²) in [5, 5.41) is 0. The molecule has 0 saturated heterocycles. The highest BCUT2D eigenvalue weighted by Gasteiger charge is 0.982. The molecule has 0 aliphatic heterocycles. The molecule has 0 heterocycles. The summed E-state index contributed by atoms with van der Waals surface area (Å²) in [6.07, 6.45) is 0. The van der Waals surface area contributed by atoms with Crippen LogP contribution in [0.3, 0.4) is 0 Å². The molecule has 0 aliphatic rings. The van der Waals surface area contributed by atoms with Gasteiger partial charge in [0.15, 0.2) is 0 Å². The van der Waals surface area contributed by atoms with Gasteiger partial charge >= 0.3 is 0 Å². The van der Waals surface area contributed by atoms with Gasteiger partial charge in [0.05, 0.1) is 0 Å². The predicted molar refractivity (Wildman–Crippen MR) is 295 cm³/mol. The van der Waals surface area contributed by atoms with Crippen LogP contribution in [-0.4, -0.2) is 0 Å². The van der Waals surface area contributed by atoms with Crippen molar-refractivity contribution >= 4 is 0 Å². The summed E-state index contributed by atoms with van der Waals surface area (Å²) in [6.45, 7) is 104. The fourth-order valence-electron chi connectivity index (χ4n) is 0. The minimum Gasteiger partial charge on any atom is -0.0683 e. The average Bonchev–Trinajstić information content (AvgIpc) is 3.40. The molecule has 0 aromatic heterocycles. The zero-order valence-corrected chi connectivity index (χ0v) is 52.0. The monoisotopic (exact) mass is 781 g/mol. The van der Waals surface area contributed by atoms with Crippen LogP contribution in [0.2, 0.25) is 0 Å². The maximum atomic E-state index is 2.00. The van der Waals surface area contributed by atoms with Crippen LogP contribution < -0.4 is 0 Å². The van der Waals surface area contributed by atoms with E-state index >= 15 is 0 Å². The van der Waals surface area contributed by atoms with Gasteiger partial charge in [0.1, 0.15) is 0 Å². The molecule has 364 valence electrons. The second-order valence-corrected chi connectivity index (χ2v) is 0. The van der Waals surface area contributed by atoms with Gasteiger partial charge in [-0.2, -0.15) is 0 Å². The molecule has 0 amide bonds. The lowest BCUT2D eigenvalue weighted by atomic mass is 11.0. The highest BCUT2D eigenvalue weighted by atomic mass is 13.1. The van der Waals surface area contributed by atoms with Gasteiger partial charge in [0, 0.05) is 0 Å². The molecule has 0 spiro atoms. The molecule has 0 heteroatoms. The largest absolute Gasteiger partial charge is 0.0683 e. The average molecular weight is 782 g/mol. The molecule has 0 aromatic rings. The Bertz CT molecular complexity index is 0. The van der Waals surface area contributed by atoms with Crippen LogP contribution in [0.15, 0.2) is 0 Å². The van der Waals surface area contributed by atoms with Crippen LogP contribution in [-0.2, 0) is 0 Å². The van der Waals surface area contributed by atoms with Crippen molar-refractivity contribution in [3.63, 3.8) is 0 Å². The molecule has 0 fully saturated rings. The molecule has 0 aromatic carbocycles. The summed E-state index contributed by atoms with van der Waals surface area (Å²) in [7, 11) is 0. The van der Waals surface area contributed by atoms with Crippen molar-refractivity contribution in [3.8, 4) is 0 Å². The van der Waals surface area contributed by atoms with Crippen LogP contribution >= 0.6 is 0 Å². The van der Waals surface area contributed by atoms with Gasteiger partial charge in [0.25, 0.3) is 0 Å². The summed E-state index contributed by atoms with van der Waals surface area (Å²) >= 11 is 0. The van der Waals surface area contributed by atoms with Crippen molar-refractivity contribution in [1.29, 1.82) is 0 Å². The first-order valence-electron chi connectivity index (χ1n) is 26.0. The molecule has 0 saturated carbocycles. The van der Waals surface area contributed by atoms with Gasteiger partial charge in [-0.25, -0.2) is 0 Å². The minimum absolute atomic E-state index is 2.00. The van der Waals surface area contributed by atoms with Crippen LogP contribution in [0.5, 0.6) is 0 Å². The molecule has 0 unspecified atom stereocenters. The van der Waals surface area contributed by atoms with Gasteiger partial charge < -0.3 is 0 Å². The Kier molecular flexibility index (Phi) is 0. The fourth-order valence-corrected chi connectivity index (χ4v) is 0. The number of rotatable bonds is 0. The van der Waals surface area contributed by atoms with Crippen molar-refractivity contribution in [2.45, 2.75) is 360 Å². The summed E-state index contributed by atoms with van der Waals surface area (Å²) in [4.78, 5) is 0. The van der Waals surface area contributed by atoms with Crippen molar-refractivity contribution in [1.82, 2.24) is 0 Å². The normalized spacial score (nSPS) is 3.00. The smallest absolute Gasteiger partial charge is 0.0683 e. The molecule has 52 heavy (non-hydrogen) atoms. The SMILES string of the molecule is CC.CC.CC.CC.CC.CC.CC.CC.CC.CC.CC.CC.CC.CC.CC.CC.CC.CC.CC.CC.CC.CC.CC.CC.CC.CC. The minimum atomic E-state index is 2.00. The van der Waals surface area contributed by atoms with Crippen LogP contribution in [0, 0.1) is 0 Å². The van der Waals surface area contributed by atoms with E-state index in [1.807, 2.05) is 360 Å². The first-order valence-corrected chi connectivity index (χ1v) is 26.0. The van der Waals surface area contributed by atoms with Crippen molar-refractivity contribution in [3.05, 3.63) is 0 Å². The van der Waals surface area contributed by atoms with Crippen molar-refractivity contribution < 1.29 is 0 Å². The highest BCUT2D eigenvalue weighted by molar-refractivity contribution is 3.55. The van der Waals surface area contributed by atoms with Gasteiger partial charge in [0.2, 0.25) is 0 Å². The topological polar surface area (TPSA) is 0 Å². The summed E-state index contributed by atoms with van der Waals surface area (Å²) in [6, 6.07) is 0. The Morgan fingerprint density at radius 2 is 0.0385 bits per heavy atom. The van der Waals surface area contributed by atoms with Crippen LogP contribution in [0.4, 0.5) is 0 Å². The summed E-state index contributed by atoms with van der Waals surface area (Å²) in [5.41, 5.74) is 0. The van der Waals surface area contributed by atoms with Crippen LogP contribution in [0.1, 0.15) is 360 Å². The zero-order chi connectivity index (χ0) is 52.0. The zero-order valence-electron chi connectivity index (χ0n) is 52.0. The van der Waals surface area contributed by atoms with E-state index < -0.39 is 0 Å². The first kappa shape index (κ1) is 200. The van der Waals surface area contributed by atoms with Gasteiger partial charge in [-0.1, -0.05) is 360 Å². The van der Waals surface area contributed by atoms with E-state index in [-0.39, 0.29) is 0 Å². The Labute approximate surface area is 358 Å². The number of hydrogen-bond donors (Lipinski definition) is 0. The van der Waals surface area contributed by atoms with Crippen molar-refractivity contribution in [2.24, 2.45) is 0 Å². The first-order chi connectivity index (χ1) is 26.0. The summed E-state index contributed by atoms with van der Waals surface area (Å²) < 4.78 is 0. The standard InChI is InChI=1S/26C2H6/c26*1-2/h26*1-2H3. The summed E-state index contributed by atoms with van der Waals surface area (Å²) in [5.74, 6) is 0. The maximum absolute atomic E-state index is 2.00. The Morgan fingerprint density at radius 1 is 0.0385 bits per heavy atom. The van der Waals surface area contributed by atoms with E-state index in [0.717, 1.165) is 0 Å². The van der Waals surface area contributed by atoms with Gasteiger partial charge in [-0.05, 0) is 0 Å². The van der Waals surface area contributed by atoms with E-state index in [9.17, 15) is 0 Å². The van der Waals surface area contributed by atoms with E-state index in [1.165, 1.54) is 0 Å². The number of hydrogen-bond acceptors (Lipinski definition) is 0. The lowest BCUT2D eigenvalue weighted by Crippen LogP contribution is -0.856. The second-order valence-electron chi connectivity index (χ2n) is 0. The van der Waals surface area contributed by atoms with E-state index in [2.05, 4.69) is 0 Å². The van der Waals surface area contributed by atoms with E-state index in [0.29, 0.717) is 0 Å². The van der Waals surface area contributed by atoms with Crippen molar-refractivity contribution in [2.75, 3.05) is 0 Å². The maximum Gasteiger partial charge on any atom is -0.0683 e. The molecule has 0 aliphatic carbocycles. The molecule has 0 nitrogen and oxygen atoms in total.